The molecule has 2 bridgehead atoms. The van der Waals surface area contributed by atoms with Crippen LogP contribution in [0.15, 0.2) is 30.5 Å². The fraction of sp³-hybridized carbons (Fsp3) is 0.556. The molecule has 11 nitrogen and oxygen atoms in total. The summed E-state index contributed by atoms with van der Waals surface area (Å²) in [6.07, 6.45) is -1.80. The lowest BCUT2D eigenvalue weighted by Gasteiger charge is -2.35. The first-order chi connectivity index (χ1) is 19.5. The van der Waals surface area contributed by atoms with E-state index in [-0.39, 0.29) is 36.1 Å². The highest BCUT2D eigenvalue weighted by Crippen LogP contribution is 2.41. The van der Waals surface area contributed by atoms with Crippen molar-refractivity contribution in [1.29, 1.82) is 0 Å². The van der Waals surface area contributed by atoms with Crippen molar-refractivity contribution in [2.24, 2.45) is 5.92 Å². The van der Waals surface area contributed by atoms with Gasteiger partial charge in [-0.3, -0.25) is 15.0 Å². The number of halogens is 3. The topological polar surface area (TPSA) is 118 Å². The number of pyridine rings is 2. The van der Waals surface area contributed by atoms with Gasteiger partial charge in [-0.05, 0) is 57.2 Å². The van der Waals surface area contributed by atoms with Crippen molar-refractivity contribution in [3.63, 3.8) is 0 Å². The summed E-state index contributed by atoms with van der Waals surface area (Å²) in [6, 6.07) is 3.58. The van der Waals surface area contributed by atoms with Gasteiger partial charge in [0.15, 0.2) is 11.6 Å². The van der Waals surface area contributed by atoms with E-state index in [1.165, 1.54) is 17.2 Å². The summed E-state index contributed by atoms with van der Waals surface area (Å²) in [7, 11) is 0. The molecule has 6 rings (SSSR count). The van der Waals surface area contributed by atoms with Crippen LogP contribution in [0, 0.1) is 5.92 Å². The van der Waals surface area contributed by atoms with Crippen LogP contribution in [-0.2, 0) is 9.47 Å². The molecule has 0 radical (unpaired) electrons. The standard InChI is InChI=1S/C27H31F3N6O5/c1-26(2)40-14-18(41-26)13-39-17-7-9-31-21(11-17)33-25(38)36-16-8-10-35(12-16)20-6-5-19(32-23(20)36)24(37)34-22(15-3-4-15)27(28,29)30/h5-7,9,11,15-16,18,22H,3-4,8,10,12-14H2,1-2H3,(H,34,37)(H,31,33,38)/t16-,18-,22+/m0/s1. The van der Waals surface area contributed by atoms with Crippen molar-refractivity contribution in [1.82, 2.24) is 15.3 Å². The maximum Gasteiger partial charge on any atom is 0.408 e. The Bertz CT molecular complexity index is 1340. The highest BCUT2D eigenvalue weighted by molar-refractivity contribution is 6.05. The van der Waals surface area contributed by atoms with Crippen LogP contribution >= 0.6 is 0 Å². The largest absolute Gasteiger partial charge is 0.491 e. The average Bonchev–Trinajstić information content (AvgIpc) is 3.57. The van der Waals surface area contributed by atoms with E-state index < -0.39 is 35.9 Å². The van der Waals surface area contributed by atoms with Gasteiger partial charge in [0, 0.05) is 25.4 Å². The second-order valence-corrected chi connectivity index (χ2v) is 11.2. The zero-order valence-electron chi connectivity index (χ0n) is 22.6. The number of alkyl halides is 3. The molecule has 41 heavy (non-hydrogen) atoms. The molecule has 5 heterocycles. The molecule has 14 heteroatoms. The van der Waals surface area contributed by atoms with Crippen molar-refractivity contribution in [3.05, 3.63) is 36.2 Å². The predicted octanol–water partition coefficient (Wildman–Crippen LogP) is 3.71. The zero-order valence-corrected chi connectivity index (χ0v) is 22.6. The van der Waals surface area contributed by atoms with Crippen LogP contribution in [0.5, 0.6) is 5.75 Å². The number of hydrogen-bond donors (Lipinski definition) is 2. The summed E-state index contributed by atoms with van der Waals surface area (Å²) in [6.45, 7) is 5.56. The lowest BCUT2D eigenvalue weighted by Crippen LogP contribution is -2.49. The first kappa shape index (κ1) is 27.5. The molecule has 3 aliphatic heterocycles. The summed E-state index contributed by atoms with van der Waals surface area (Å²) in [5, 5.41) is 4.88. The smallest absolute Gasteiger partial charge is 0.408 e. The number of fused-ring (bicyclic) bond motifs is 4. The average molecular weight is 577 g/mol. The number of rotatable bonds is 7. The van der Waals surface area contributed by atoms with Crippen LogP contribution in [-0.4, -0.2) is 78.4 Å². The minimum atomic E-state index is -4.55. The fourth-order valence-corrected chi connectivity index (χ4v) is 5.48. The SMILES string of the molecule is CC1(C)OC[C@H](COc2ccnc(NC(=O)N3c4nc(C(=O)N[C@H](C5CC5)C(F)(F)F)ccc4N4CC[C@H]3C4)c2)O1. The minimum Gasteiger partial charge on any atom is -0.491 e. The number of carbonyl (C=O) groups excluding carboxylic acids is 2. The predicted molar refractivity (Wildman–Crippen MR) is 141 cm³/mol. The minimum absolute atomic E-state index is 0.186. The van der Waals surface area contributed by atoms with E-state index in [9.17, 15) is 22.8 Å². The monoisotopic (exact) mass is 576 g/mol. The molecule has 220 valence electrons. The maximum atomic E-state index is 13.5. The van der Waals surface area contributed by atoms with E-state index in [1.54, 1.807) is 18.2 Å². The second kappa shape index (κ2) is 10.3. The fourth-order valence-electron chi connectivity index (χ4n) is 5.48. The molecule has 3 fully saturated rings. The Hall–Kier alpha value is -3.65. The number of carbonyl (C=O) groups is 2. The number of amides is 3. The van der Waals surface area contributed by atoms with Crippen LogP contribution in [0.3, 0.4) is 0 Å². The van der Waals surface area contributed by atoms with Gasteiger partial charge in [-0.25, -0.2) is 14.8 Å². The molecule has 4 aliphatic rings. The van der Waals surface area contributed by atoms with E-state index in [0.717, 1.165) is 0 Å². The van der Waals surface area contributed by atoms with Gasteiger partial charge < -0.3 is 24.4 Å². The van der Waals surface area contributed by atoms with Crippen molar-refractivity contribution >= 4 is 29.3 Å². The lowest BCUT2D eigenvalue weighted by atomic mass is 10.1. The molecule has 1 aliphatic carbocycles. The van der Waals surface area contributed by atoms with E-state index in [2.05, 4.69) is 20.6 Å². The molecular weight excluding hydrogens is 545 g/mol. The van der Waals surface area contributed by atoms with Gasteiger partial charge in [-0.2, -0.15) is 13.2 Å². The Balaban J connectivity index is 1.17. The molecule has 3 amide bonds. The van der Waals surface area contributed by atoms with E-state index >= 15 is 0 Å². The van der Waals surface area contributed by atoms with Gasteiger partial charge in [0.2, 0.25) is 0 Å². The van der Waals surface area contributed by atoms with E-state index in [4.69, 9.17) is 14.2 Å². The third kappa shape index (κ3) is 5.89. The zero-order chi connectivity index (χ0) is 28.9. The summed E-state index contributed by atoms with van der Waals surface area (Å²) in [5.41, 5.74) is 0.445. The molecule has 2 N–H and O–H groups in total. The number of nitrogens with one attached hydrogen (secondary N) is 2. The van der Waals surface area contributed by atoms with Crippen LogP contribution in [0.4, 0.5) is 35.3 Å². The van der Waals surface area contributed by atoms with E-state index in [1.807, 2.05) is 18.7 Å². The Morgan fingerprint density at radius 1 is 1.22 bits per heavy atom. The van der Waals surface area contributed by atoms with Crippen molar-refractivity contribution < 1.29 is 37.0 Å². The Kier molecular flexibility index (Phi) is 6.92. The van der Waals surface area contributed by atoms with Crippen molar-refractivity contribution in [3.8, 4) is 5.75 Å². The number of nitrogens with zero attached hydrogens (tertiary/aromatic N) is 4. The molecule has 2 aromatic heterocycles. The summed E-state index contributed by atoms with van der Waals surface area (Å²) >= 11 is 0. The van der Waals surface area contributed by atoms with Gasteiger partial charge in [0.05, 0.1) is 18.3 Å². The number of hydrogen-bond acceptors (Lipinski definition) is 8. The van der Waals surface area contributed by atoms with Gasteiger partial charge in [0.1, 0.15) is 36.0 Å². The van der Waals surface area contributed by atoms with Gasteiger partial charge in [-0.15, -0.1) is 0 Å². The first-order valence-electron chi connectivity index (χ1n) is 13.6. The Labute approximate surface area is 234 Å². The molecule has 2 aromatic rings. The van der Waals surface area contributed by atoms with Crippen LogP contribution in [0.2, 0.25) is 0 Å². The normalized spacial score (nSPS) is 23.6. The number of aromatic nitrogens is 2. The number of urea groups is 1. The first-order valence-corrected chi connectivity index (χ1v) is 13.6. The number of anilines is 3. The molecule has 0 aromatic carbocycles. The lowest BCUT2D eigenvalue weighted by molar-refractivity contribution is -0.158. The van der Waals surface area contributed by atoms with Crippen molar-refractivity contribution in [2.75, 3.05) is 41.4 Å². The maximum absolute atomic E-state index is 13.5. The van der Waals surface area contributed by atoms with Crippen LogP contribution in [0.25, 0.3) is 0 Å². The van der Waals surface area contributed by atoms with Crippen molar-refractivity contribution in [2.45, 2.75) is 63.3 Å². The number of ether oxygens (including phenoxy) is 3. The quantitative estimate of drug-likeness (QED) is 0.513. The molecule has 2 saturated heterocycles. The third-order valence-electron chi connectivity index (χ3n) is 7.61. The van der Waals surface area contributed by atoms with Gasteiger partial charge in [0.25, 0.3) is 5.91 Å². The Morgan fingerprint density at radius 2 is 2.02 bits per heavy atom. The van der Waals surface area contributed by atoms with Crippen LogP contribution < -0.4 is 25.2 Å². The molecule has 0 unspecified atom stereocenters. The summed E-state index contributed by atoms with van der Waals surface area (Å²) in [4.78, 5) is 38.5. The van der Waals surface area contributed by atoms with Gasteiger partial charge >= 0.3 is 12.2 Å². The molecule has 0 spiro atoms. The van der Waals surface area contributed by atoms with Gasteiger partial charge in [-0.1, -0.05) is 0 Å². The summed E-state index contributed by atoms with van der Waals surface area (Å²) in [5.74, 6) is -1.29. The van der Waals surface area contributed by atoms with E-state index in [0.29, 0.717) is 50.4 Å². The second-order valence-electron chi connectivity index (χ2n) is 11.2. The molecule has 3 atom stereocenters. The highest BCUT2D eigenvalue weighted by atomic mass is 19.4. The van der Waals surface area contributed by atoms with Crippen LogP contribution in [0.1, 0.15) is 43.6 Å². The summed E-state index contributed by atoms with van der Waals surface area (Å²) < 4.78 is 57.6. The molecule has 1 saturated carbocycles. The third-order valence-corrected chi connectivity index (χ3v) is 7.61. The highest BCUT2D eigenvalue weighted by Gasteiger charge is 2.50. The molecular formula is C27H31F3N6O5. The Morgan fingerprint density at radius 3 is 2.73 bits per heavy atom.